The lowest BCUT2D eigenvalue weighted by Gasteiger charge is -2.25. The van der Waals surface area contributed by atoms with Crippen LogP contribution in [0.3, 0.4) is 0 Å². The normalized spacial score (nSPS) is 14.8. The van der Waals surface area contributed by atoms with E-state index in [4.69, 9.17) is 15.3 Å². The van der Waals surface area contributed by atoms with Crippen molar-refractivity contribution in [3.8, 4) is 11.5 Å². The molecule has 0 saturated carbocycles. The van der Waals surface area contributed by atoms with Gasteiger partial charge in [0.15, 0.2) is 11.5 Å². The summed E-state index contributed by atoms with van der Waals surface area (Å²) in [5.74, 6) is 6.76. The first-order valence-corrected chi connectivity index (χ1v) is 6.81. The van der Waals surface area contributed by atoms with Gasteiger partial charge in [0.2, 0.25) is 0 Å². The van der Waals surface area contributed by atoms with Crippen LogP contribution in [0.5, 0.6) is 11.5 Å². The Morgan fingerprint density at radius 1 is 1.19 bits per heavy atom. The highest BCUT2D eigenvalue weighted by Crippen LogP contribution is 2.39. The lowest BCUT2D eigenvalue weighted by Crippen LogP contribution is -2.30. The number of halogens is 1. The molecule has 0 bridgehead atoms. The van der Waals surface area contributed by atoms with E-state index >= 15 is 0 Å². The fourth-order valence-corrected chi connectivity index (χ4v) is 2.62. The third-order valence-corrected chi connectivity index (χ3v) is 3.47. The lowest BCUT2D eigenvalue weighted by atomic mass is 9.96. The number of ether oxygens (including phenoxy) is 2. The molecule has 4 nitrogen and oxygen atoms in total. The molecule has 1 unspecified atom stereocenters. The zero-order valence-corrected chi connectivity index (χ0v) is 11.7. The Morgan fingerprint density at radius 3 is 2.76 bits per heavy atom. The van der Waals surface area contributed by atoms with E-state index in [0.717, 1.165) is 16.7 Å². The van der Waals surface area contributed by atoms with Gasteiger partial charge in [0, 0.05) is 5.56 Å². The zero-order valence-electron chi connectivity index (χ0n) is 11.7. The average Bonchev–Trinajstić information content (AvgIpc) is 2.47. The number of hydrogen-bond donors (Lipinski definition) is 2. The van der Waals surface area contributed by atoms with Crippen molar-refractivity contribution in [2.45, 2.75) is 13.0 Å². The fraction of sp³-hybridized carbons (Fsp3) is 0.250. The molecule has 1 aliphatic heterocycles. The predicted octanol–water partition coefficient (Wildman–Crippen LogP) is 2.46. The molecule has 0 fully saturated rings. The summed E-state index contributed by atoms with van der Waals surface area (Å²) in [5.41, 5.74) is 5.16. The smallest absolute Gasteiger partial charge is 0.166 e. The van der Waals surface area contributed by atoms with Crippen LogP contribution >= 0.6 is 0 Å². The number of aryl methyl sites for hydroxylation is 1. The Hall–Kier alpha value is -2.11. The molecule has 0 radical (unpaired) electrons. The van der Waals surface area contributed by atoms with Crippen molar-refractivity contribution in [1.82, 2.24) is 5.43 Å². The van der Waals surface area contributed by atoms with Gasteiger partial charge in [-0.25, -0.2) is 9.82 Å². The van der Waals surface area contributed by atoms with Gasteiger partial charge in [-0.3, -0.25) is 5.84 Å². The van der Waals surface area contributed by atoms with Crippen LogP contribution in [-0.4, -0.2) is 13.2 Å². The van der Waals surface area contributed by atoms with Crippen LogP contribution in [0.4, 0.5) is 4.39 Å². The Morgan fingerprint density at radius 2 is 2.00 bits per heavy atom. The quantitative estimate of drug-likeness (QED) is 0.673. The molecular formula is C16H17FN2O2. The Balaban J connectivity index is 2.08. The van der Waals surface area contributed by atoms with Crippen LogP contribution in [0.15, 0.2) is 36.4 Å². The summed E-state index contributed by atoms with van der Waals surface area (Å²) in [5, 5.41) is 0. The first-order valence-electron chi connectivity index (χ1n) is 6.81. The molecule has 3 rings (SSSR count). The molecule has 110 valence electrons. The second-order valence-corrected chi connectivity index (χ2v) is 5.03. The fourth-order valence-electron chi connectivity index (χ4n) is 2.62. The average molecular weight is 288 g/mol. The lowest BCUT2D eigenvalue weighted by molar-refractivity contribution is 0.169. The minimum Gasteiger partial charge on any atom is -0.486 e. The largest absolute Gasteiger partial charge is 0.486 e. The topological polar surface area (TPSA) is 56.5 Å². The Kier molecular flexibility index (Phi) is 3.77. The van der Waals surface area contributed by atoms with Gasteiger partial charge in [-0.2, -0.15) is 0 Å². The van der Waals surface area contributed by atoms with E-state index in [9.17, 15) is 4.39 Å². The van der Waals surface area contributed by atoms with Crippen molar-refractivity contribution in [3.05, 3.63) is 58.9 Å². The minimum atomic E-state index is -0.365. The zero-order chi connectivity index (χ0) is 14.8. The number of benzene rings is 2. The van der Waals surface area contributed by atoms with E-state index in [2.05, 4.69) is 5.43 Å². The molecule has 21 heavy (non-hydrogen) atoms. The van der Waals surface area contributed by atoms with E-state index < -0.39 is 0 Å². The summed E-state index contributed by atoms with van der Waals surface area (Å²) in [6.45, 7) is 2.86. The number of para-hydroxylation sites is 1. The van der Waals surface area contributed by atoms with Crippen LogP contribution in [0, 0.1) is 12.7 Å². The molecule has 5 heteroatoms. The summed E-state index contributed by atoms with van der Waals surface area (Å²) in [4.78, 5) is 0. The monoisotopic (exact) mass is 288 g/mol. The SMILES string of the molecule is Cc1cc(F)cc(C(NN)c2cccc3c2OCCO3)c1. The summed E-state index contributed by atoms with van der Waals surface area (Å²) in [6, 6.07) is 10.1. The van der Waals surface area contributed by atoms with Gasteiger partial charge in [-0.15, -0.1) is 0 Å². The van der Waals surface area contributed by atoms with Crippen LogP contribution < -0.4 is 20.7 Å². The number of hydrazine groups is 1. The first kappa shape index (κ1) is 13.9. The van der Waals surface area contributed by atoms with Crippen molar-refractivity contribution in [2.75, 3.05) is 13.2 Å². The molecule has 2 aromatic carbocycles. The molecule has 2 aromatic rings. The van der Waals surface area contributed by atoms with Crippen molar-refractivity contribution in [2.24, 2.45) is 5.84 Å². The maximum Gasteiger partial charge on any atom is 0.166 e. The van der Waals surface area contributed by atoms with Gasteiger partial charge in [0.05, 0.1) is 6.04 Å². The third-order valence-electron chi connectivity index (χ3n) is 3.47. The number of nitrogens with one attached hydrogen (secondary N) is 1. The highest BCUT2D eigenvalue weighted by atomic mass is 19.1. The molecular weight excluding hydrogens is 271 g/mol. The highest BCUT2D eigenvalue weighted by molar-refractivity contribution is 5.51. The molecule has 0 spiro atoms. The first-order chi connectivity index (χ1) is 10.2. The summed E-state index contributed by atoms with van der Waals surface area (Å²) in [7, 11) is 0. The van der Waals surface area contributed by atoms with Gasteiger partial charge in [0.1, 0.15) is 19.0 Å². The van der Waals surface area contributed by atoms with E-state index in [1.54, 1.807) is 0 Å². The van der Waals surface area contributed by atoms with Crippen molar-refractivity contribution in [3.63, 3.8) is 0 Å². The van der Waals surface area contributed by atoms with E-state index in [1.165, 1.54) is 12.1 Å². The summed E-state index contributed by atoms with van der Waals surface area (Å²) >= 11 is 0. The second kappa shape index (κ2) is 5.71. The summed E-state index contributed by atoms with van der Waals surface area (Å²) in [6.07, 6.45) is 0. The molecule has 0 aliphatic carbocycles. The van der Waals surface area contributed by atoms with Gasteiger partial charge < -0.3 is 9.47 Å². The number of nitrogens with two attached hydrogens (primary N) is 1. The molecule has 3 N–H and O–H groups in total. The molecule has 1 atom stereocenters. The van der Waals surface area contributed by atoms with E-state index in [0.29, 0.717) is 24.7 Å². The molecule has 0 amide bonds. The minimum absolute atomic E-state index is 0.285. The van der Waals surface area contributed by atoms with Gasteiger partial charge >= 0.3 is 0 Å². The molecule has 1 aliphatic rings. The van der Waals surface area contributed by atoms with E-state index in [1.807, 2.05) is 31.2 Å². The summed E-state index contributed by atoms with van der Waals surface area (Å²) < 4.78 is 24.9. The van der Waals surface area contributed by atoms with Crippen LogP contribution in [0.25, 0.3) is 0 Å². The molecule has 1 heterocycles. The van der Waals surface area contributed by atoms with Crippen molar-refractivity contribution >= 4 is 0 Å². The van der Waals surface area contributed by atoms with Gasteiger partial charge in [0.25, 0.3) is 0 Å². The maximum atomic E-state index is 13.7. The highest BCUT2D eigenvalue weighted by Gasteiger charge is 2.23. The van der Waals surface area contributed by atoms with E-state index in [-0.39, 0.29) is 11.9 Å². The van der Waals surface area contributed by atoms with Gasteiger partial charge in [-0.1, -0.05) is 18.2 Å². The second-order valence-electron chi connectivity index (χ2n) is 5.03. The van der Waals surface area contributed by atoms with Crippen LogP contribution in [0.2, 0.25) is 0 Å². The third kappa shape index (κ3) is 2.70. The van der Waals surface area contributed by atoms with Gasteiger partial charge in [-0.05, 0) is 36.2 Å². The van der Waals surface area contributed by atoms with Crippen LogP contribution in [-0.2, 0) is 0 Å². The number of fused-ring (bicyclic) bond motifs is 1. The number of hydrogen-bond acceptors (Lipinski definition) is 4. The standard InChI is InChI=1S/C16H17FN2O2/c1-10-7-11(9-12(17)8-10)15(19-18)13-3-2-4-14-16(13)21-6-5-20-14/h2-4,7-9,15,19H,5-6,18H2,1H3. The Bertz CT molecular complexity index is 640. The van der Waals surface area contributed by atoms with Crippen LogP contribution in [0.1, 0.15) is 22.7 Å². The van der Waals surface area contributed by atoms with Crippen molar-refractivity contribution in [1.29, 1.82) is 0 Å². The maximum absolute atomic E-state index is 13.7. The molecule has 0 aromatic heterocycles. The molecule has 0 saturated heterocycles. The Labute approximate surface area is 122 Å². The van der Waals surface area contributed by atoms with Crippen molar-refractivity contribution < 1.29 is 13.9 Å². The predicted molar refractivity (Wildman–Crippen MR) is 77.7 cm³/mol. The number of rotatable bonds is 3.